The van der Waals surface area contributed by atoms with Crippen LogP contribution in [0.4, 0.5) is 0 Å². The third kappa shape index (κ3) is 30.4. The number of hydrogen-bond donors (Lipinski definition) is 9. The first-order chi connectivity index (χ1) is 34.6. The van der Waals surface area contributed by atoms with Crippen molar-refractivity contribution in [3.63, 3.8) is 0 Å². The molecular weight excluding hydrogens is 907 g/mol. The maximum atomic E-state index is 13.3. The lowest BCUT2D eigenvalue weighted by molar-refractivity contribution is -0.359. The monoisotopic (exact) mass is 1020 g/mol. The van der Waals surface area contributed by atoms with Gasteiger partial charge in [0.25, 0.3) is 0 Å². The predicted molar refractivity (Wildman–Crippen MR) is 282 cm³/mol. The fraction of sp³-hybridized carbons (Fsp3) is 0.982. The average molecular weight is 1020 g/mol. The largest absolute Gasteiger partial charge is 0.394 e. The highest BCUT2D eigenvalue weighted by Crippen LogP contribution is 2.30. The number of hydrogen-bond acceptors (Lipinski definition) is 13. The summed E-state index contributed by atoms with van der Waals surface area (Å²) in [7, 11) is 0. The number of nitrogens with one attached hydrogen (secondary N) is 1. The molecule has 2 saturated heterocycles. The van der Waals surface area contributed by atoms with Gasteiger partial charge in [0.1, 0.15) is 48.8 Å². The minimum atomic E-state index is -1.78. The molecule has 9 N–H and O–H groups in total. The Bertz CT molecular complexity index is 1200. The normalized spacial score (nSPS) is 25.7. The standard InChI is InChI=1S/C57H111NO13/c1-3-5-7-9-11-13-15-17-19-21-22-23-25-26-28-30-32-34-36-38-40-46(61)45(58-49(62)41-39-37-35-33-31-29-27-24-20-18-16-14-12-10-8-6-4-2)44-68-56-54(67)52(65)55(48(43-60)70-56)71-57-53(66)51(64)50(63)47(42-59)69-57/h45-48,50-57,59-61,63-67H,3-44H2,1-2H3,(H,58,62). The zero-order chi connectivity index (χ0) is 51.7. The summed E-state index contributed by atoms with van der Waals surface area (Å²) in [6.45, 7) is 2.90. The van der Waals surface area contributed by atoms with Gasteiger partial charge in [-0.3, -0.25) is 4.79 Å². The SMILES string of the molecule is CCCCCCCCCCCCCCCCCCCCCCC(O)C(COC1OC(CO)C(OC2OC(CO)C(O)C(O)C2O)C(O)C1O)NC(=O)CCCCCCCCCCCCCCCCCCC. The van der Waals surface area contributed by atoms with Gasteiger partial charge in [-0.15, -0.1) is 0 Å². The molecule has 2 aliphatic heterocycles. The Morgan fingerprint density at radius 1 is 0.451 bits per heavy atom. The lowest BCUT2D eigenvalue weighted by Crippen LogP contribution is -2.65. The van der Waals surface area contributed by atoms with Crippen LogP contribution in [0, 0.1) is 0 Å². The van der Waals surface area contributed by atoms with Crippen LogP contribution in [0.1, 0.15) is 264 Å². The summed E-state index contributed by atoms with van der Waals surface area (Å²) in [5.74, 6) is -0.200. The second-order valence-electron chi connectivity index (χ2n) is 21.5. The summed E-state index contributed by atoms with van der Waals surface area (Å²) in [5, 5.41) is 87.2. The van der Waals surface area contributed by atoms with E-state index in [1.807, 2.05) is 0 Å². The number of unbranched alkanes of at least 4 members (excludes halogenated alkanes) is 35. The highest BCUT2D eigenvalue weighted by atomic mass is 16.7. The van der Waals surface area contributed by atoms with Crippen LogP contribution < -0.4 is 5.32 Å². The van der Waals surface area contributed by atoms with Gasteiger partial charge in [-0.1, -0.05) is 245 Å². The molecule has 2 aliphatic rings. The summed E-state index contributed by atoms with van der Waals surface area (Å²) in [6, 6.07) is -0.822. The first kappa shape index (κ1) is 66.1. The zero-order valence-electron chi connectivity index (χ0n) is 45.2. The highest BCUT2D eigenvalue weighted by molar-refractivity contribution is 5.76. The molecule has 1 amide bonds. The van der Waals surface area contributed by atoms with Crippen molar-refractivity contribution >= 4 is 5.91 Å². The molecule has 0 bridgehead atoms. The molecule has 422 valence electrons. The number of carbonyl (C=O) groups is 1. The van der Waals surface area contributed by atoms with E-state index in [-0.39, 0.29) is 12.5 Å². The van der Waals surface area contributed by atoms with Crippen LogP contribution in [0.25, 0.3) is 0 Å². The van der Waals surface area contributed by atoms with Crippen LogP contribution in [0.2, 0.25) is 0 Å². The van der Waals surface area contributed by atoms with Crippen molar-refractivity contribution in [3.05, 3.63) is 0 Å². The molecule has 14 heteroatoms. The van der Waals surface area contributed by atoms with Gasteiger partial charge in [0.15, 0.2) is 12.6 Å². The Hall–Kier alpha value is -1.01. The number of carbonyl (C=O) groups excluding carboxylic acids is 1. The van der Waals surface area contributed by atoms with Crippen molar-refractivity contribution in [1.82, 2.24) is 5.32 Å². The molecule has 0 aromatic rings. The second-order valence-corrected chi connectivity index (χ2v) is 21.5. The maximum Gasteiger partial charge on any atom is 0.220 e. The van der Waals surface area contributed by atoms with Crippen molar-refractivity contribution in [2.24, 2.45) is 0 Å². The highest BCUT2D eigenvalue weighted by Gasteiger charge is 2.51. The van der Waals surface area contributed by atoms with Gasteiger partial charge >= 0.3 is 0 Å². The van der Waals surface area contributed by atoms with E-state index in [9.17, 15) is 45.6 Å². The molecule has 2 heterocycles. The van der Waals surface area contributed by atoms with Crippen LogP contribution in [-0.2, 0) is 23.7 Å². The third-order valence-corrected chi connectivity index (χ3v) is 15.1. The first-order valence-corrected chi connectivity index (χ1v) is 29.8. The number of ether oxygens (including phenoxy) is 4. The van der Waals surface area contributed by atoms with Crippen molar-refractivity contribution in [2.75, 3.05) is 19.8 Å². The Kier molecular flexibility index (Phi) is 41.1. The van der Waals surface area contributed by atoms with Crippen LogP contribution in [0.5, 0.6) is 0 Å². The molecule has 12 unspecified atom stereocenters. The molecule has 14 nitrogen and oxygen atoms in total. The van der Waals surface area contributed by atoms with E-state index in [4.69, 9.17) is 18.9 Å². The lowest BCUT2D eigenvalue weighted by Gasteiger charge is -2.46. The molecule has 71 heavy (non-hydrogen) atoms. The van der Waals surface area contributed by atoms with Gasteiger partial charge in [0.2, 0.25) is 5.91 Å². The minimum Gasteiger partial charge on any atom is -0.394 e. The van der Waals surface area contributed by atoms with E-state index in [1.54, 1.807) is 0 Å². The van der Waals surface area contributed by atoms with Gasteiger partial charge in [-0.2, -0.15) is 0 Å². The molecule has 12 atom stereocenters. The quantitative estimate of drug-likeness (QED) is 0.0259. The van der Waals surface area contributed by atoms with Gasteiger partial charge in [0.05, 0.1) is 32.0 Å². The molecule has 0 radical (unpaired) electrons. The Morgan fingerprint density at radius 3 is 1.20 bits per heavy atom. The molecule has 2 rings (SSSR count). The smallest absolute Gasteiger partial charge is 0.220 e. The van der Waals surface area contributed by atoms with E-state index >= 15 is 0 Å². The van der Waals surface area contributed by atoms with Crippen LogP contribution in [-0.4, -0.2) is 140 Å². The predicted octanol–water partition coefficient (Wildman–Crippen LogP) is 9.73. The fourth-order valence-corrected chi connectivity index (χ4v) is 10.2. The fourth-order valence-electron chi connectivity index (χ4n) is 10.2. The summed E-state index contributed by atoms with van der Waals surface area (Å²) in [4.78, 5) is 13.3. The molecule has 0 spiro atoms. The van der Waals surface area contributed by atoms with Gasteiger partial charge in [-0.25, -0.2) is 0 Å². The van der Waals surface area contributed by atoms with Gasteiger partial charge < -0.3 is 65.1 Å². The Morgan fingerprint density at radius 2 is 0.803 bits per heavy atom. The molecule has 0 aliphatic carbocycles. The molecule has 2 fully saturated rings. The van der Waals surface area contributed by atoms with E-state index in [2.05, 4.69) is 19.2 Å². The summed E-state index contributed by atoms with van der Waals surface area (Å²) in [6.07, 6.45) is 31.0. The number of rotatable bonds is 48. The molecule has 0 aromatic carbocycles. The van der Waals surface area contributed by atoms with E-state index in [0.717, 1.165) is 51.4 Å². The van der Waals surface area contributed by atoms with Crippen molar-refractivity contribution in [3.8, 4) is 0 Å². The number of aliphatic hydroxyl groups is 8. The summed E-state index contributed by atoms with van der Waals surface area (Å²) < 4.78 is 22.8. The van der Waals surface area contributed by atoms with E-state index < -0.39 is 86.8 Å². The van der Waals surface area contributed by atoms with Gasteiger partial charge in [0, 0.05) is 6.42 Å². The van der Waals surface area contributed by atoms with Crippen molar-refractivity contribution in [2.45, 2.75) is 338 Å². The Labute approximate surface area is 432 Å². The number of aliphatic hydroxyl groups excluding tert-OH is 8. The third-order valence-electron chi connectivity index (χ3n) is 15.1. The number of amides is 1. The van der Waals surface area contributed by atoms with Crippen LogP contribution in [0.3, 0.4) is 0 Å². The topological polar surface area (TPSA) is 228 Å². The minimum absolute atomic E-state index is 0.200. The zero-order valence-corrected chi connectivity index (χ0v) is 45.2. The van der Waals surface area contributed by atoms with E-state index in [0.29, 0.717) is 12.8 Å². The molecule has 0 aromatic heterocycles. The molecule has 0 saturated carbocycles. The van der Waals surface area contributed by atoms with E-state index in [1.165, 1.54) is 186 Å². The maximum absolute atomic E-state index is 13.3. The second kappa shape index (κ2) is 44.2. The van der Waals surface area contributed by atoms with Crippen molar-refractivity contribution < 1.29 is 64.6 Å². The average Bonchev–Trinajstić information content (AvgIpc) is 3.37. The summed E-state index contributed by atoms with van der Waals surface area (Å²) >= 11 is 0. The lowest BCUT2D eigenvalue weighted by atomic mass is 9.97. The van der Waals surface area contributed by atoms with Crippen LogP contribution >= 0.6 is 0 Å². The Balaban J connectivity index is 1.75. The van der Waals surface area contributed by atoms with Crippen molar-refractivity contribution in [1.29, 1.82) is 0 Å². The van der Waals surface area contributed by atoms with Crippen LogP contribution in [0.15, 0.2) is 0 Å². The first-order valence-electron chi connectivity index (χ1n) is 29.8. The molecular formula is C57H111NO13. The summed E-state index contributed by atoms with van der Waals surface area (Å²) in [5.41, 5.74) is 0. The van der Waals surface area contributed by atoms with Gasteiger partial charge in [-0.05, 0) is 12.8 Å².